The summed E-state index contributed by atoms with van der Waals surface area (Å²) < 4.78 is 20.1. The Kier molecular flexibility index (Phi) is 7.84. The molecule has 21 heavy (non-hydrogen) atoms. The average molecular weight is 322 g/mol. The molecule has 1 aliphatic rings. The molecule has 1 unspecified atom stereocenters. The molecule has 0 saturated carbocycles. The van der Waals surface area contributed by atoms with Gasteiger partial charge in [-0.05, 0) is 12.8 Å². The molecular weight excluding hydrogens is 297 g/mol. The van der Waals surface area contributed by atoms with Gasteiger partial charge in [0.25, 0.3) is 7.82 Å². The van der Waals surface area contributed by atoms with Gasteiger partial charge in [-0.1, -0.05) is 26.2 Å². The number of carbonyl (C=O) groups excluding carboxylic acids is 1. The number of rotatable bonds is 9. The van der Waals surface area contributed by atoms with Gasteiger partial charge >= 0.3 is 0 Å². The molecule has 7 nitrogen and oxygen atoms in total. The van der Waals surface area contributed by atoms with Crippen molar-refractivity contribution in [2.45, 2.75) is 57.6 Å². The molecule has 0 spiro atoms. The van der Waals surface area contributed by atoms with Gasteiger partial charge in [0.05, 0.1) is 18.8 Å². The van der Waals surface area contributed by atoms with Crippen LogP contribution in [0.15, 0.2) is 0 Å². The summed E-state index contributed by atoms with van der Waals surface area (Å²) in [5.41, 5.74) is 0. The minimum Gasteiger partial charge on any atom is -0.756 e. The summed E-state index contributed by atoms with van der Waals surface area (Å²) in [6.45, 7) is 2.16. The van der Waals surface area contributed by atoms with Crippen molar-refractivity contribution in [2.75, 3.05) is 20.3 Å². The van der Waals surface area contributed by atoms with E-state index in [1.54, 1.807) is 0 Å². The highest BCUT2D eigenvalue weighted by Gasteiger charge is 2.34. The van der Waals surface area contributed by atoms with Crippen molar-refractivity contribution in [3.63, 3.8) is 0 Å². The number of amides is 1. The molecule has 124 valence electrons. The lowest BCUT2D eigenvalue weighted by Gasteiger charge is -2.27. The zero-order valence-electron chi connectivity index (χ0n) is 12.7. The Morgan fingerprint density at radius 3 is 2.76 bits per heavy atom. The molecule has 3 atom stereocenters. The van der Waals surface area contributed by atoms with Gasteiger partial charge in [0.2, 0.25) is 5.91 Å². The third-order valence-corrected chi connectivity index (χ3v) is 4.52. The van der Waals surface area contributed by atoms with Gasteiger partial charge in [-0.2, -0.15) is 0 Å². The highest BCUT2D eigenvalue weighted by molar-refractivity contribution is 7.45. The first-order chi connectivity index (χ1) is 9.89. The summed E-state index contributed by atoms with van der Waals surface area (Å²) in [6.07, 6.45) is 4.11. The summed E-state index contributed by atoms with van der Waals surface area (Å²) in [5, 5.41) is 9.69. The predicted octanol–water partition coefficient (Wildman–Crippen LogP) is 1.05. The lowest BCUT2D eigenvalue weighted by atomic mass is 10.1. The van der Waals surface area contributed by atoms with Crippen LogP contribution in [0.5, 0.6) is 0 Å². The van der Waals surface area contributed by atoms with E-state index in [1.165, 1.54) is 4.90 Å². The summed E-state index contributed by atoms with van der Waals surface area (Å²) >= 11 is 0. The van der Waals surface area contributed by atoms with Gasteiger partial charge in [0.1, 0.15) is 0 Å². The first kappa shape index (κ1) is 18.6. The normalized spacial score (nSPS) is 25.0. The van der Waals surface area contributed by atoms with Gasteiger partial charge < -0.3 is 23.9 Å². The number of likely N-dealkylation sites (tertiary alicyclic amines) is 1. The number of aliphatic hydroxyl groups is 1. The Morgan fingerprint density at radius 2 is 2.14 bits per heavy atom. The van der Waals surface area contributed by atoms with Crippen molar-refractivity contribution < 1.29 is 28.4 Å². The number of nitrogens with zero attached hydrogens (tertiary/aromatic N) is 1. The van der Waals surface area contributed by atoms with E-state index >= 15 is 0 Å². The van der Waals surface area contributed by atoms with Crippen LogP contribution in [-0.4, -0.2) is 48.3 Å². The third kappa shape index (κ3) is 6.45. The van der Waals surface area contributed by atoms with E-state index in [2.05, 4.69) is 11.4 Å². The maximum atomic E-state index is 12.1. The summed E-state index contributed by atoms with van der Waals surface area (Å²) in [7, 11) is -3.28. The molecule has 1 saturated heterocycles. The fraction of sp³-hybridized carbons (Fsp3) is 0.923. The third-order valence-electron chi connectivity index (χ3n) is 3.61. The van der Waals surface area contributed by atoms with Gasteiger partial charge in [0, 0.05) is 20.1 Å². The van der Waals surface area contributed by atoms with Crippen molar-refractivity contribution in [3.05, 3.63) is 0 Å². The van der Waals surface area contributed by atoms with E-state index in [0.717, 1.165) is 32.8 Å². The first-order valence-electron chi connectivity index (χ1n) is 7.38. The fourth-order valence-corrected chi connectivity index (χ4v) is 2.89. The Labute approximate surface area is 125 Å². The molecule has 0 bridgehead atoms. The molecule has 1 fully saturated rings. The van der Waals surface area contributed by atoms with Crippen LogP contribution >= 0.6 is 7.82 Å². The van der Waals surface area contributed by atoms with Crippen molar-refractivity contribution in [3.8, 4) is 0 Å². The number of aliphatic hydroxyl groups excluding tert-OH is 1. The van der Waals surface area contributed by atoms with E-state index in [9.17, 15) is 19.4 Å². The number of carbonyl (C=O) groups is 1. The van der Waals surface area contributed by atoms with Crippen LogP contribution in [0.2, 0.25) is 0 Å². The Hall–Kier alpha value is -0.460. The quantitative estimate of drug-likeness (QED) is 0.503. The lowest BCUT2D eigenvalue weighted by Crippen LogP contribution is -2.38. The number of phosphoric ester groups is 1. The van der Waals surface area contributed by atoms with Gasteiger partial charge in [-0.15, -0.1) is 0 Å². The number of unbranched alkanes of at least 4 members (excludes halogenated alkanes) is 3. The summed E-state index contributed by atoms with van der Waals surface area (Å²) in [6, 6.07) is -0.420. The molecule has 1 N–H and O–H groups in total. The lowest BCUT2D eigenvalue weighted by molar-refractivity contribution is -0.224. The largest absolute Gasteiger partial charge is 0.756 e. The number of phosphoric acid groups is 1. The molecule has 0 aliphatic carbocycles. The molecule has 0 radical (unpaired) electrons. The summed E-state index contributed by atoms with van der Waals surface area (Å²) in [5.74, 6) is -0.0607. The van der Waals surface area contributed by atoms with Gasteiger partial charge in [-0.25, -0.2) is 0 Å². The monoisotopic (exact) mass is 322 g/mol. The molecule has 0 aromatic carbocycles. The van der Waals surface area contributed by atoms with E-state index in [1.807, 2.05) is 0 Å². The second-order valence-electron chi connectivity index (χ2n) is 5.33. The molecule has 1 aliphatic heterocycles. The van der Waals surface area contributed by atoms with Crippen LogP contribution in [0.4, 0.5) is 0 Å². The van der Waals surface area contributed by atoms with Crippen molar-refractivity contribution >= 4 is 13.7 Å². The van der Waals surface area contributed by atoms with Gasteiger partial charge in [0.15, 0.2) is 0 Å². The van der Waals surface area contributed by atoms with Gasteiger partial charge in [-0.3, -0.25) is 9.36 Å². The molecule has 0 aromatic rings. The second kappa shape index (κ2) is 8.86. The number of hydrogen-bond donors (Lipinski definition) is 1. The van der Waals surface area contributed by atoms with Crippen LogP contribution in [-0.2, 0) is 18.4 Å². The van der Waals surface area contributed by atoms with Crippen molar-refractivity contribution in [1.82, 2.24) is 4.90 Å². The summed E-state index contributed by atoms with van der Waals surface area (Å²) in [4.78, 5) is 24.8. The van der Waals surface area contributed by atoms with Crippen molar-refractivity contribution in [1.29, 1.82) is 0 Å². The van der Waals surface area contributed by atoms with Crippen LogP contribution in [0.25, 0.3) is 0 Å². The molecule has 1 amide bonds. The Bertz CT molecular complexity index is 378. The van der Waals surface area contributed by atoms with E-state index in [0.29, 0.717) is 12.8 Å². The highest BCUT2D eigenvalue weighted by atomic mass is 31.2. The molecule has 0 aromatic heterocycles. The minimum atomic E-state index is -4.30. The average Bonchev–Trinajstić information content (AvgIpc) is 2.82. The first-order valence-corrected chi connectivity index (χ1v) is 8.84. The molecule has 8 heteroatoms. The zero-order chi connectivity index (χ0) is 15.9. The SMILES string of the molecule is CCCCCCC(=O)N1C[C@H](O)C[C@H]1COP(=O)([O-])OC. The Morgan fingerprint density at radius 1 is 1.43 bits per heavy atom. The van der Waals surface area contributed by atoms with E-state index in [-0.39, 0.29) is 19.1 Å². The number of β-amino-alcohol motifs (C(OH)–C–C–N with tert-alkyl or cyclic N) is 1. The topological polar surface area (TPSA) is 99.1 Å². The van der Waals surface area contributed by atoms with Crippen LogP contribution in [0, 0.1) is 0 Å². The fourth-order valence-electron chi connectivity index (χ4n) is 2.43. The van der Waals surface area contributed by atoms with E-state index < -0.39 is 20.0 Å². The zero-order valence-corrected chi connectivity index (χ0v) is 13.6. The van der Waals surface area contributed by atoms with E-state index in [4.69, 9.17) is 4.52 Å². The predicted molar refractivity (Wildman–Crippen MR) is 75.5 cm³/mol. The molecular formula is C13H25NO6P-. The molecule has 1 rings (SSSR count). The number of hydrogen-bond acceptors (Lipinski definition) is 6. The maximum Gasteiger partial charge on any atom is 0.267 e. The van der Waals surface area contributed by atoms with Crippen LogP contribution < -0.4 is 4.89 Å². The van der Waals surface area contributed by atoms with Crippen LogP contribution in [0.1, 0.15) is 45.4 Å². The Balaban J connectivity index is 2.46. The van der Waals surface area contributed by atoms with Crippen molar-refractivity contribution in [2.24, 2.45) is 0 Å². The second-order valence-corrected chi connectivity index (χ2v) is 6.84. The highest BCUT2D eigenvalue weighted by Crippen LogP contribution is 2.38. The van der Waals surface area contributed by atoms with Crippen LogP contribution in [0.3, 0.4) is 0 Å². The maximum absolute atomic E-state index is 12.1. The molecule has 1 heterocycles. The minimum absolute atomic E-state index is 0.0607. The standard InChI is InChI=1S/C13H26NO6P/c1-3-4-5-6-7-13(16)14-9-12(15)8-11(14)10-20-21(17,18)19-2/h11-12,15H,3-10H2,1-2H3,(H,17,18)/p-1/t11-,12+/m0/s1. The smallest absolute Gasteiger partial charge is 0.267 e.